The normalized spacial score (nSPS) is 11.7. The van der Waals surface area contributed by atoms with Crippen molar-refractivity contribution in [3.63, 3.8) is 0 Å². The van der Waals surface area contributed by atoms with Gasteiger partial charge in [0.2, 0.25) is 0 Å². The Balaban J connectivity index is 0. The zero-order valence-corrected chi connectivity index (χ0v) is 28.8. The quantitative estimate of drug-likeness (QED) is 0.0398. The second kappa shape index (κ2) is 36.6. The van der Waals surface area contributed by atoms with Gasteiger partial charge in [-0.2, -0.15) is 8.42 Å². The fourth-order valence-electron chi connectivity index (χ4n) is 5.33. The topological polar surface area (TPSA) is 69.7 Å². The molecule has 0 unspecified atom stereocenters. The Morgan fingerprint density at radius 1 is 0.488 bits per heavy atom. The van der Waals surface area contributed by atoms with Crippen molar-refractivity contribution in [2.45, 2.75) is 206 Å². The molecule has 0 aromatic carbocycles. The Morgan fingerprint density at radius 2 is 0.814 bits per heavy atom. The molecule has 0 spiro atoms. The Bertz CT molecular complexity index is 696. The van der Waals surface area contributed by atoms with Crippen LogP contribution in [0.25, 0.3) is 0 Å². The van der Waals surface area contributed by atoms with E-state index in [1.54, 1.807) is 0 Å². The van der Waals surface area contributed by atoms with E-state index < -0.39 is 16.4 Å². The van der Waals surface area contributed by atoms with Crippen LogP contribution in [0.5, 0.6) is 0 Å². The van der Waals surface area contributed by atoms with E-state index in [4.69, 9.17) is 4.18 Å². The minimum absolute atomic E-state index is 0. The number of hydrogen-bond donors (Lipinski definition) is 0. The molecule has 0 rings (SSSR count). The van der Waals surface area contributed by atoms with Crippen molar-refractivity contribution in [3.05, 3.63) is 12.2 Å². The van der Waals surface area contributed by atoms with Gasteiger partial charge in [0.1, 0.15) is 0 Å². The molecule has 0 saturated carbocycles. The molecule has 0 heterocycles. The summed E-state index contributed by atoms with van der Waals surface area (Å²) in [6.07, 6.45) is 40.3. The van der Waals surface area contributed by atoms with Crippen LogP contribution in [0.4, 0.5) is 0 Å². The molecule has 0 amide bonds. The van der Waals surface area contributed by atoms with Crippen LogP contribution in [-0.2, 0) is 23.6 Å². The zero-order valence-electron chi connectivity index (χ0n) is 28.0. The summed E-state index contributed by atoms with van der Waals surface area (Å²) in [5, 5.41) is 0. The number of carbonyl (C=O) groups is 1. The zero-order chi connectivity index (χ0) is 30.8. The van der Waals surface area contributed by atoms with Gasteiger partial charge in [0.15, 0.2) is 0 Å². The Hall–Kier alpha value is 0.120. The van der Waals surface area contributed by atoms with Crippen molar-refractivity contribution < 1.29 is 21.6 Å². The van der Waals surface area contributed by atoms with E-state index in [2.05, 4.69) is 30.2 Å². The number of carbonyl (C=O) groups excluding carboxylic acids is 1. The van der Waals surface area contributed by atoms with Crippen LogP contribution in [0.2, 0.25) is 0 Å². The van der Waals surface area contributed by atoms with Gasteiger partial charge in [-0.1, -0.05) is 174 Å². The Kier molecular flexibility index (Phi) is 38.5. The third-order valence-electron chi connectivity index (χ3n) is 8.06. The number of rotatable bonds is 34. The van der Waals surface area contributed by atoms with Gasteiger partial charge in [0.05, 0.1) is 6.61 Å². The third-order valence-corrected chi connectivity index (χ3v) is 8.91. The van der Waals surface area contributed by atoms with Gasteiger partial charge in [0, 0.05) is 6.42 Å². The molecule has 0 fully saturated rings. The van der Waals surface area contributed by atoms with E-state index in [1.807, 2.05) is 0 Å². The first-order valence-corrected chi connectivity index (χ1v) is 19.6. The van der Waals surface area contributed by atoms with Crippen molar-refractivity contribution in [1.29, 1.82) is 0 Å². The first kappa shape index (κ1) is 45.2. The number of hydrogen-bond acceptors (Lipinski definition) is 5. The molecule has 0 aliphatic carbocycles. The molecule has 0 atom stereocenters. The summed E-state index contributed by atoms with van der Waals surface area (Å²) in [7, 11) is -4.23. The van der Waals surface area contributed by atoms with Gasteiger partial charge in [-0.25, -0.2) is 4.18 Å². The maximum absolute atomic E-state index is 11.9. The summed E-state index contributed by atoms with van der Waals surface area (Å²) >= 11 is 0. The molecule has 0 aliphatic rings. The van der Waals surface area contributed by atoms with Crippen LogP contribution in [0.3, 0.4) is 0 Å². The monoisotopic (exact) mass is 638 g/mol. The van der Waals surface area contributed by atoms with E-state index in [1.165, 1.54) is 135 Å². The van der Waals surface area contributed by atoms with Gasteiger partial charge in [-0.05, 0) is 38.5 Å². The van der Waals surface area contributed by atoms with Crippen LogP contribution in [0.1, 0.15) is 206 Å². The maximum atomic E-state index is 11.9. The summed E-state index contributed by atoms with van der Waals surface area (Å²) in [4.78, 5) is 11.9. The summed E-state index contributed by atoms with van der Waals surface area (Å²) in [6, 6.07) is 0. The molecule has 0 aliphatic heterocycles. The van der Waals surface area contributed by atoms with Gasteiger partial charge in [-0.3, -0.25) is 4.79 Å². The Morgan fingerprint density at radius 3 is 1.21 bits per heavy atom. The molecule has 5 nitrogen and oxygen atoms in total. The second-order valence-electron chi connectivity index (χ2n) is 12.3. The minimum atomic E-state index is -4.23. The molecular weight excluding hydrogens is 567 g/mol. The predicted octanol–water partition coefficient (Wildman–Crippen LogP) is 11.4. The summed E-state index contributed by atoms with van der Waals surface area (Å²) in [6.45, 7) is 4.60. The molecule has 43 heavy (non-hydrogen) atoms. The molecule has 252 valence electrons. The standard InChI is InChI=1S/C36H70O5S.Na.H/c1-3-5-7-9-11-13-15-17-19-21-23-25-27-29-31-33-35-40-42(38,39)41-36(37)34-32-30-28-26-24-22-20-18-16-14-12-10-8-6-4-2;;/h18,20H,3-17,19,21-35H2,1-2H3;;. The van der Waals surface area contributed by atoms with E-state index >= 15 is 0 Å². The summed E-state index contributed by atoms with van der Waals surface area (Å²) < 4.78 is 33.2. The van der Waals surface area contributed by atoms with E-state index in [0.717, 1.165) is 38.5 Å². The van der Waals surface area contributed by atoms with E-state index in [-0.39, 0.29) is 42.6 Å². The second-order valence-corrected chi connectivity index (χ2v) is 13.5. The van der Waals surface area contributed by atoms with Crippen molar-refractivity contribution in [3.8, 4) is 0 Å². The van der Waals surface area contributed by atoms with Crippen molar-refractivity contribution in [1.82, 2.24) is 0 Å². The van der Waals surface area contributed by atoms with Crippen LogP contribution in [0, 0.1) is 0 Å². The molecular formula is C36H71NaO5S. The van der Waals surface area contributed by atoms with Crippen LogP contribution in [0.15, 0.2) is 12.2 Å². The SMILES string of the molecule is CCCCCCCCC=CCCCCCCCC(=O)OS(=O)(=O)OCCCCCCCCCCCCCCCCCC.[NaH]. The molecule has 0 N–H and O–H groups in total. The first-order valence-electron chi connectivity index (χ1n) is 18.3. The molecule has 0 bridgehead atoms. The fourth-order valence-corrected chi connectivity index (χ4v) is 6.01. The van der Waals surface area contributed by atoms with Crippen molar-refractivity contribution in [2.24, 2.45) is 0 Å². The van der Waals surface area contributed by atoms with E-state index in [0.29, 0.717) is 12.8 Å². The number of allylic oxidation sites excluding steroid dienone is 2. The molecule has 0 saturated heterocycles. The molecule has 0 aromatic heterocycles. The number of unbranched alkanes of at least 4 members (excludes halogenated alkanes) is 26. The molecule has 0 radical (unpaired) electrons. The summed E-state index contributed by atoms with van der Waals surface area (Å²) in [5.41, 5.74) is 0. The van der Waals surface area contributed by atoms with Crippen LogP contribution < -0.4 is 0 Å². The third kappa shape index (κ3) is 38.2. The van der Waals surface area contributed by atoms with Gasteiger partial charge < -0.3 is 4.18 Å². The van der Waals surface area contributed by atoms with Gasteiger partial charge in [-0.15, -0.1) is 0 Å². The van der Waals surface area contributed by atoms with Gasteiger partial charge in [0.25, 0.3) is 0 Å². The van der Waals surface area contributed by atoms with E-state index in [9.17, 15) is 13.2 Å². The Labute approximate surface area is 291 Å². The van der Waals surface area contributed by atoms with Gasteiger partial charge >= 0.3 is 45.9 Å². The molecule has 0 aromatic rings. The predicted molar refractivity (Wildman–Crippen MR) is 187 cm³/mol. The average Bonchev–Trinajstić information content (AvgIpc) is 2.96. The van der Waals surface area contributed by atoms with Crippen molar-refractivity contribution in [2.75, 3.05) is 6.61 Å². The first-order chi connectivity index (χ1) is 20.5. The summed E-state index contributed by atoms with van der Waals surface area (Å²) in [5.74, 6) is -0.709. The van der Waals surface area contributed by atoms with Crippen molar-refractivity contribution >= 4 is 45.9 Å². The average molecular weight is 639 g/mol. The van der Waals surface area contributed by atoms with Crippen LogP contribution >= 0.6 is 0 Å². The van der Waals surface area contributed by atoms with Crippen LogP contribution in [-0.4, -0.2) is 50.6 Å². The fraction of sp³-hybridized carbons (Fsp3) is 0.917. The molecule has 7 heteroatoms.